The van der Waals surface area contributed by atoms with Crippen LogP contribution in [0.2, 0.25) is 0 Å². The zero-order valence-electron chi connectivity index (χ0n) is 12.2. The van der Waals surface area contributed by atoms with E-state index >= 15 is 0 Å². The number of carbonyl (C=O) groups excluding carboxylic acids is 2. The standard InChI is InChI=1S/C18H13NO3/c1-19-14-8-7-10(22-2)9-13(14)15-16(19)18(21)12-6-4-3-5-11(12)17(15)20/h3-9H,1-2H3. The van der Waals surface area contributed by atoms with E-state index in [0.29, 0.717) is 28.1 Å². The number of aromatic nitrogens is 1. The van der Waals surface area contributed by atoms with Crippen LogP contribution < -0.4 is 4.74 Å². The smallest absolute Gasteiger partial charge is 0.210 e. The molecule has 4 rings (SSSR count). The number of ketones is 2. The first kappa shape index (κ1) is 12.8. The first-order valence-electron chi connectivity index (χ1n) is 6.98. The largest absolute Gasteiger partial charge is 0.497 e. The van der Waals surface area contributed by atoms with Crippen LogP contribution in [0.4, 0.5) is 0 Å². The molecule has 4 nitrogen and oxygen atoms in total. The highest BCUT2D eigenvalue weighted by Gasteiger charge is 2.34. The summed E-state index contributed by atoms with van der Waals surface area (Å²) in [4.78, 5) is 25.7. The van der Waals surface area contributed by atoms with E-state index in [1.807, 2.05) is 25.2 Å². The molecule has 1 aromatic heterocycles. The van der Waals surface area contributed by atoms with Gasteiger partial charge >= 0.3 is 0 Å². The Morgan fingerprint density at radius 3 is 2.32 bits per heavy atom. The lowest BCUT2D eigenvalue weighted by Crippen LogP contribution is -2.22. The Kier molecular flexibility index (Phi) is 2.51. The molecule has 0 unspecified atom stereocenters. The molecule has 0 fully saturated rings. The third kappa shape index (κ3) is 1.46. The molecule has 0 saturated heterocycles. The van der Waals surface area contributed by atoms with Gasteiger partial charge < -0.3 is 9.30 Å². The minimum atomic E-state index is -0.108. The second-order valence-corrected chi connectivity index (χ2v) is 5.37. The van der Waals surface area contributed by atoms with Crippen LogP contribution in [0.3, 0.4) is 0 Å². The van der Waals surface area contributed by atoms with Crippen molar-refractivity contribution in [1.82, 2.24) is 4.57 Å². The van der Waals surface area contributed by atoms with Crippen molar-refractivity contribution >= 4 is 22.5 Å². The van der Waals surface area contributed by atoms with Gasteiger partial charge in [-0.2, -0.15) is 0 Å². The predicted molar refractivity (Wildman–Crippen MR) is 82.8 cm³/mol. The minimum Gasteiger partial charge on any atom is -0.497 e. The highest BCUT2D eigenvalue weighted by atomic mass is 16.5. The van der Waals surface area contributed by atoms with E-state index in [4.69, 9.17) is 4.74 Å². The van der Waals surface area contributed by atoms with Crippen LogP contribution in [-0.2, 0) is 7.05 Å². The van der Waals surface area contributed by atoms with Crippen LogP contribution >= 0.6 is 0 Å². The van der Waals surface area contributed by atoms with Crippen LogP contribution in [0.5, 0.6) is 5.75 Å². The molecule has 2 aromatic carbocycles. The van der Waals surface area contributed by atoms with E-state index in [2.05, 4.69) is 0 Å². The van der Waals surface area contributed by atoms with E-state index < -0.39 is 0 Å². The normalized spacial score (nSPS) is 13.2. The van der Waals surface area contributed by atoms with Crippen molar-refractivity contribution in [3.8, 4) is 5.75 Å². The highest BCUT2D eigenvalue weighted by molar-refractivity contribution is 6.32. The summed E-state index contributed by atoms with van der Waals surface area (Å²) in [7, 11) is 3.39. The molecule has 0 atom stereocenters. The molecule has 1 aliphatic carbocycles. The van der Waals surface area contributed by atoms with Crippen molar-refractivity contribution in [3.05, 3.63) is 64.8 Å². The van der Waals surface area contributed by atoms with E-state index in [-0.39, 0.29) is 11.6 Å². The van der Waals surface area contributed by atoms with Gasteiger partial charge in [0.2, 0.25) is 5.78 Å². The topological polar surface area (TPSA) is 48.3 Å². The number of aryl methyl sites for hydroxylation is 1. The summed E-state index contributed by atoms with van der Waals surface area (Å²) in [5.41, 5.74) is 2.71. The molecule has 0 aliphatic heterocycles. The number of fused-ring (bicyclic) bond motifs is 4. The average molecular weight is 291 g/mol. The Morgan fingerprint density at radius 1 is 0.955 bits per heavy atom. The molecule has 1 heterocycles. The van der Waals surface area contributed by atoms with Crippen molar-refractivity contribution in [2.75, 3.05) is 7.11 Å². The fourth-order valence-corrected chi connectivity index (χ4v) is 3.19. The molecule has 3 aromatic rings. The lowest BCUT2D eigenvalue weighted by molar-refractivity contribution is 0.0975. The van der Waals surface area contributed by atoms with Gasteiger partial charge in [-0.05, 0) is 18.2 Å². The summed E-state index contributed by atoms with van der Waals surface area (Å²) >= 11 is 0. The first-order chi connectivity index (χ1) is 10.6. The van der Waals surface area contributed by atoms with Gasteiger partial charge in [0.15, 0.2) is 5.78 Å². The Morgan fingerprint density at radius 2 is 1.64 bits per heavy atom. The molecule has 0 saturated carbocycles. The van der Waals surface area contributed by atoms with E-state index in [1.165, 1.54) is 0 Å². The van der Waals surface area contributed by atoms with Crippen molar-refractivity contribution in [2.45, 2.75) is 0 Å². The Labute approximate surface area is 126 Å². The summed E-state index contributed by atoms with van der Waals surface area (Å²) in [5.74, 6) is 0.451. The molecule has 0 amide bonds. The van der Waals surface area contributed by atoms with Crippen LogP contribution in [-0.4, -0.2) is 23.2 Å². The van der Waals surface area contributed by atoms with Crippen molar-refractivity contribution in [2.24, 2.45) is 7.05 Å². The summed E-state index contributed by atoms with van der Waals surface area (Å²) in [6, 6.07) is 12.5. The monoisotopic (exact) mass is 291 g/mol. The van der Waals surface area contributed by atoms with E-state index in [9.17, 15) is 9.59 Å². The fourth-order valence-electron chi connectivity index (χ4n) is 3.19. The van der Waals surface area contributed by atoms with Crippen LogP contribution in [0, 0.1) is 0 Å². The SMILES string of the molecule is COc1ccc2c(c1)c1c(n2C)C(=O)c2ccccc2C1=O. The highest BCUT2D eigenvalue weighted by Crippen LogP contribution is 2.35. The maximum Gasteiger partial charge on any atom is 0.210 e. The molecule has 4 heteroatoms. The molecule has 0 bridgehead atoms. The number of ether oxygens (including phenoxy) is 1. The van der Waals surface area contributed by atoms with Crippen LogP contribution in [0.25, 0.3) is 10.9 Å². The van der Waals surface area contributed by atoms with Crippen LogP contribution in [0.1, 0.15) is 32.0 Å². The van der Waals surface area contributed by atoms with Crippen molar-refractivity contribution in [3.63, 3.8) is 0 Å². The van der Waals surface area contributed by atoms with Gasteiger partial charge in [0.05, 0.1) is 12.7 Å². The van der Waals surface area contributed by atoms with Gasteiger partial charge in [0, 0.05) is 29.1 Å². The van der Waals surface area contributed by atoms with Gasteiger partial charge in [-0.1, -0.05) is 24.3 Å². The number of carbonyl (C=O) groups is 2. The molecule has 1 aliphatic rings. The predicted octanol–water partition coefficient (Wildman–Crippen LogP) is 2.96. The summed E-state index contributed by atoms with van der Waals surface area (Å²) < 4.78 is 7.04. The first-order valence-corrected chi connectivity index (χ1v) is 6.98. The maximum absolute atomic E-state index is 12.9. The van der Waals surface area contributed by atoms with Crippen molar-refractivity contribution < 1.29 is 14.3 Å². The Hall–Kier alpha value is -2.88. The lowest BCUT2D eigenvalue weighted by Gasteiger charge is -2.15. The third-order valence-electron chi connectivity index (χ3n) is 4.27. The van der Waals surface area contributed by atoms with Gasteiger partial charge in [-0.3, -0.25) is 9.59 Å². The van der Waals surface area contributed by atoms with E-state index in [0.717, 1.165) is 10.9 Å². The molecule has 0 N–H and O–H groups in total. The maximum atomic E-state index is 12.9. The minimum absolute atomic E-state index is 0.107. The van der Waals surface area contributed by atoms with Gasteiger partial charge in [0.1, 0.15) is 11.4 Å². The zero-order valence-corrected chi connectivity index (χ0v) is 12.2. The summed E-state index contributed by atoms with van der Waals surface area (Å²) in [6.45, 7) is 0. The number of nitrogens with zero attached hydrogens (tertiary/aromatic N) is 1. The number of hydrogen-bond donors (Lipinski definition) is 0. The molecular formula is C18H13NO3. The lowest BCUT2D eigenvalue weighted by atomic mass is 9.87. The second kappa shape index (κ2) is 4.31. The fraction of sp³-hybridized carbons (Fsp3) is 0.111. The number of benzene rings is 2. The number of rotatable bonds is 1. The van der Waals surface area contributed by atoms with Gasteiger partial charge in [-0.25, -0.2) is 0 Å². The molecule has 0 spiro atoms. The number of hydrogen-bond acceptors (Lipinski definition) is 3. The molecule has 108 valence electrons. The second-order valence-electron chi connectivity index (χ2n) is 5.37. The third-order valence-corrected chi connectivity index (χ3v) is 4.27. The summed E-state index contributed by atoms with van der Waals surface area (Å²) in [5, 5.41) is 0.754. The summed E-state index contributed by atoms with van der Waals surface area (Å²) in [6.07, 6.45) is 0. The van der Waals surface area contributed by atoms with Gasteiger partial charge in [0.25, 0.3) is 0 Å². The Bertz CT molecular complexity index is 966. The van der Waals surface area contributed by atoms with Gasteiger partial charge in [-0.15, -0.1) is 0 Å². The average Bonchev–Trinajstić information content (AvgIpc) is 2.85. The Balaban J connectivity index is 2.13. The quantitative estimate of drug-likeness (QED) is 0.541. The van der Waals surface area contributed by atoms with Crippen LogP contribution in [0.15, 0.2) is 42.5 Å². The van der Waals surface area contributed by atoms with Crippen molar-refractivity contribution in [1.29, 1.82) is 0 Å². The van der Waals surface area contributed by atoms with E-state index in [1.54, 1.807) is 35.9 Å². The number of methoxy groups -OCH3 is 1. The molecule has 22 heavy (non-hydrogen) atoms. The zero-order chi connectivity index (χ0) is 15.4. The molecule has 0 radical (unpaired) electrons. The molecular weight excluding hydrogens is 278 g/mol.